The Balaban J connectivity index is 2.54. The number of rotatable bonds is 5. The fraction of sp³-hybridized carbons (Fsp3) is 0.417. The summed E-state index contributed by atoms with van der Waals surface area (Å²) in [5.41, 5.74) is 7.00. The van der Waals surface area contributed by atoms with Gasteiger partial charge in [0.15, 0.2) is 0 Å². The van der Waals surface area contributed by atoms with Crippen LogP contribution in [-0.2, 0) is 11.3 Å². The molecular weight excluding hydrogens is 207 g/mol. The normalized spacial score (nSPS) is 12.4. The molecule has 4 heteroatoms. The number of halogens is 1. The Bertz CT molecular complexity index is 379. The van der Waals surface area contributed by atoms with Crippen LogP contribution in [0.4, 0.5) is 4.39 Å². The molecule has 0 aromatic heterocycles. The molecule has 3 nitrogen and oxygen atoms in total. The minimum atomic E-state index is -0.337. The molecule has 0 aliphatic rings. The van der Waals surface area contributed by atoms with Gasteiger partial charge in [0.25, 0.3) is 0 Å². The summed E-state index contributed by atoms with van der Waals surface area (Å²) in [6, 6.07) is 4.68. The average molecular weight is 224 g/mol. The maximum Gasteiger partial charge on any atom is 0.218 e. The van der Waals surface area contributed by atoms with Crippen LogP contribution in [0.2, 0.25) is 0 Å². The summed E-state index contributed by atoms with van der Waals surface area (Å²) in [4.78, 5) is 10.7. The minimum absolute atomic E-state index is 0.000155. The van der Waals surface area contributed by atoms with Crippen LogP contribution < -0.4 is 11.1 Å². The third-order valence-corrected chi connectivity index (χ3v) is 2.46. The molecule has 0 aliphatic heterocycles. The number of amides is 1. The maximum atomic E-state index is 13.0. The molecule has 0 saturated carbocycles. The number of hydrogen-bond donors (Lipinski definition) is 2. The van der Waals surface area contributed by atoms with E-state index in [1.165, 1.54) is 12.1 Å². The number of nitrogens with one attached hydrogen (secondary N) is 1. The van der Waals surface area contributed by atoms with Crippen molar-refractivity contribution in [1.82, 2.24) is 5.32 Å². The summed E-state index contributed by atoms with van der Waals surface area (Å²) in [6.07, 6.45) is 0.286. The third-order valence-electron chi connectivity index (χ3n) is 2.46. The predicted octanol–water partition coefficient (Wildman–Crippen LogP) is 1.49. The topological polar surface area (TPSA) is 55.1 Å². The number of primary amides is 1. The Labute approximate surface area is 94.8 Å². The zero-order valence-corrected chi connectivity index (χ0v) is 9.59. The van der Waals surface area contributed by atoms with Gasteiger partial charge in [0.2, 0.25) is 5.91 Å². The average Bonchev–Trinajstić information content (AvgIpc) is 2.18. The first-order valence-corrected chi connectivity index (χ1v) is 5.25. The van der Waals surface area contributed by atoms with Crippen LogP contribution in [0.1, 0.15) is 24.5 Å². The first-order chi connectivity index (χ1) is 7.49. The Morgan fingerprint density at radius 2 is 2.25 bits per heavy atom. The van der Waals surface area contributed by atoms with E-state index >= 15 is 0 Å². The number of carbonyl (C=O) groups excluding carboxylic acids is 1. The smallest absolute Gasteiger partial charge is 0.218 e. The number of benzene rings is 1. The van der Waals surface area contributed by atoms with Crippen molar-refractivity contribution in [2.45, 2.75) is 32.9 Å². The number of nitrogens with two attached hydrogens (primary N) is 1. The van der Waals surface area contributed by atoms with Crippen molar-refractivity contribution < 1.29 is 9.18 Å². The Kier molecular flexibility index (Phi) is 4.43. The molecule has 1 unspecified atom stereocenters. The molecular formula is C12H17FN2O. The molecule has 1 atom stereocenters. The van der Waals surface area contributed by atoms with Gasteiger partial charge in [0.1, 0.15) is 5.82 Å². The van der Waals surface area contributed by atoms with Crippen molar-refractivity contribution in [3.8, 4) is 0 Å². The van der Waals surface area contributed by atoms with Gasteiger partial charge in [0, 0.05) is 19.0 Å². The molecule has 0 spiro atoms. The highest BCUT2D eigenvalue weighted by Gasteiger charge is 2.06. The zero-order valence-electron chi connectivity index (χ0n) is 9.59. The van der Waals surface area contributed by atoms with E-state index in [2.05, 4.69) is 5.32 Å². The Morgan fingerprint density at radius 1 is 1.56 bits per heavy atom. The SMILES string of the molecule is Cc1ccc(F)cc1CNC(C)CC(N)=O. The Morgan fingerprint density at radius 3 is 2.88 bits per heavy atom. The predicted molar refractivity (Wildman–Crippen MR) is 61.3 cm³/mol. The summed E-state index contributed by atoms with van der Waals surface area (Å²) in [6.45, 7) is 4.34. The van der Waals surface area contributed by atoms with Crippen LogP contribution in [0.15, 0.2) is 18.2 Å². The number of hydrogen-bond acceptors (Lipinski definition) is 2. The lowest BCUT2D eigenvalue weighted by Crippen LogP contribution is -2.30. The quantitative estimate of drug-likeness (QED) is 0.796. The standard InChI is InChI=1S/C12H17FN2O/c1-8-3-4-11(13)6-10(8)7-15-9(2)5-12(14)16/h3-4,6,9,15H,5,7H2,1-2H3,(H2,14,16). The fourth-order valence-electron chi connectivity index (χ4n) is 1.49. The fourth-order valence-corrected chi connectivity index (χ4v) is 1.49. The molecule has 1 rings (SSSR count). The molecule has 1 aromatic carbocycles. The summed E-state index contributed by atoms with van der Waals surface area (Å²) in [7, 11) is 0. The van der Waals surface area contributed by atoms with Gasteiger partial charge in [0.05, 0.1) is 0 Å². The van der Waals surface area contributed by atoms with Crippen molar-refractivity contribution in [3.63, 3.8) is 0 Å². The molecule has 16 heavy (non-hydrogen) atoms. The minimum Gasteiger partial charge on any atom is -0.370 e. The second kappa shape index (κ2) is 5.61. The van der Waals surface area contributed by atoms with Gasteiger partial charge in [-0.3, -0.25) is 4.79 Å². The van der Waals surface area contributed by atoms with Gasteiger partial charge < -0.3 is 11.1 Å². The van der Waals surface area contributed by atoms with Crippen LogP contribution in [0.5, 0.6) is 0 Å². The summed E-state index contributed by atoms with van der Waals surface area (Å²) < 4.78 is 13.0. The van der Waals surface area contributed by atoms with Crippen molar-refractivity contribution in [2.24, 2.45) is 5.73 Å². The molecule has 0 saturated heterocycles. The van der Waals surface area contributed by atoms with Gasteiger partial charge in [-0.05, 0) is 37.1 Å². The lowest BCUT2D eigenvalue weighted by molar-refractivity contribution is -0.118. The highest BCUT2D eigenvalue weighted by molar-refractivity contribution is 5.74. The van der Waals surface area contributed by atoms with Crippen LogP contribution >= 0.6 is 0 Å². The van der Waals surface area contributed by atoms with Crippen LogP contribution in [0, 0.1) is 12.7 Å². The highest BCUT2D eigenvalue weighted by atomic mass is 19.1. The first kappa shape index (κ1) is 12.6. The molecule has 1 amide bonds. The molecule has 0 heterocycles. The van der Waals surface area contributed by atoms with E-state index < -0.39 is 0 Å². The van der Waals surface area contributed by atoms with Crippen LogP contribution in [0.3, 0.4) is 0 Å². The van der Waals surface area contributed by atoms with Crippen LogP contribution in [0.25, 0.3) is 0 Å². The van der Waals surface area contributed by atoms with Crippen molar-refractivity contribution in [2.75, 3.05) is 0 Å². The molecule has 0 aliphatic carbocycles. The highest BCUT2D eigenvalue weighted by Crippen LogP contribution is 2.10. The molecule has 0 radical (unpaired) electrons. The van der Waals surface area contributed by atoms with Gasteiger partial charge in [-0.15, -0.1) is 0 Å². The summed E-state index contributed by atoms with van der Waals surface area (Å²) in [5, 5.41) is 3.13. The third kappa shape index (κ3) is 3.98. The van der Waals surface area contributed by atoms with Crippen LogP contribution in [-0.4, -0.2) is 11.9 Å². The number of carbonyl (C=O) groups is 1. The first-order valence-electron chi connectivity index (χ1n) is 5.25. The molecule has 0 bridgehead atoms. The van der Waals surface area contributed by atoms with E-state index in [4.69, 9.17) is 5.73 Å². The van der Waals surface area contributed by atoms with Gasteiger partial charge in [-0.1, -0.05) is 6.07 Å². The second-order valence-corrected chi connectivity index (χ2v) is 4.02. The molecule has 3 N–H and O–H groups in total. The van der Waals surface area contributed by atoms with Crippen molar-refractivity contribution >= 4 is 5.91 Å². The second-order valence-electron chi connectivity index (χ2n) is 4.02. The van der Waals surface area contributed by atoms with Crippen molar-refractivity contribution in [1.29, 1.82) is 0 Å². The van der Waals surface area contributed by atoms with Gasteiger partial charge in [-0.2, -0.15) is 0 Å². The van der Waals surface area contributed by atoms with Crippen molar-refractivity contribution in [3.05, 3.63) is 35.1 Å². The summed E-state index contributed by atoms with van der Waals surface area (Å²) in [5.74, 6) is -0.582. The largest absolute Gasteiger partial charge is 0.370 e. The molecule has 1 aromatic rings. The van der Waals surface area contributed by atoms with E-state index in [1.54, 1.807) is 6.07 Å². The van der Waals surface area contributed by atoms with E-state index in [0.717, 1.165) is 11.1 Å². The zero-order chi connectivity index (χ0) is 12.1. The summed E-state index contributed by atoms with van der Waals surface area (Å²) >= 11 is 0. The van der Waals surface area contributed by atoms with E-state index in [1.807, 2.05) is 13.8 Å². The maximum absolute atomic E-state index is 13.0. The lowest BCUT2D eigenvalue weighted by Gasteiger charge is -2.13. The molecule has 0 fully saturated rings. The Hall–Kier alpha value is -1.42. The monoisotopic (exact) mass is 224 g/mol. The van der Waals surface area contributed by atoms with Gasteiger partial charge >= 0.3 is 0 Å². The lowest BCUT2D eigenvalue weighted by atomic mass is 10.1. The van der Waals surface area contributed by atoms with E-state index in [9.17, 15) is 9.18 Å². The van der Waals surface area contributed by atoms with E-state index in [0.29, 0.717) is 6.54 Å². The van der Waals surface area contributed by atoms with E-state index in [-0.39, 0.29) is 24.2 Å². The molecule has 88 valence electrons. The number of aryl methyl sites for hydroxylation is 1. The van der Waals surface area contributed by atoms with Gasteiger partial charge in [-0.25, -0.2) is 4.39 Å².